The molecule has 118 valence electrons. The van der Waals surface area contributed by atoms with Crippen LogP contribution >= 0.6 is 15.9 Å². The summed E-state index contributed by atoms with van der Waals surface area (Å²) in [6, 6.07) is 0. The van der Waals surface area contributed by atoms with Gasteiger partial charge >= 0.3 is 0 Å². The Bertz CT molecular complexity index is 485. The maximum atomic E-state index is 5.85. The third kappa shape index (κ3) is 3.39. The quantitative estimate of drug-likeness (QED) is 0.809. The summed E-state index contributed by atoms with van der Waals surface area (Å²) < 4.78 is 6.84. The highest BCUT2D eigenvalue weighted by atomic mass is 79.9. The fourth-order valence-corrected chi connectivity index (χ4v) is 3.65. The lowest BCUT2D eigenvalue weighted by atomic mass is 10.00. The Morgan fingerprint density at radius 2 is 1.95 bits per heavy atom. The normalized spacial score (nSPS) is 17.4. The molecule has 0 atom stereocenters. The molecule has 1 N–H and O–H groups in total. The second-order valence-electron chi connectivity index (χ2n) is 6.08. The molecule has 0 spiro atoms. The predicted molar refractivity (Wildman–Crippen MR) is 89.8 cm³/mol. The van der Waals surface area contributed by atoms with Gasteiger partial charge in [-0.25, -0.2) is 9.97 Å². The fraction of sp³-hybridized carbons (Fsp3) is 0.750. The van der Waals surface area contributed by atoms with E-state index in [1.165, 1.54) is 12.8 Å². The van der Waals surface area contributed by atoms with E-state index >= 15 is 0 Å². The molecule has 21 heavy (non-hydrogen) atoms. The summed E-state index contributed by atoms with van der Waals surface area (Å²) in [6.07, 6.45) is 5.45. The molecule has 0 aromatic carbocycles. The smallest absolute Gasteiger partial charge is 0.162 e. The van der Waals surface area contributed by atoms with Gasteiger partial charge in [0.05, 0.1) is 10.2 Å². The lowest BCUT2D eigenvalue weighted by Crippen LogP contribution is -2.28. The van der Waals surface area contributed by atoms with Crippen LogP contribution in [0.15, 0.2) is 4.47 Å². The molecule has 1 fully saturated rings. The zero-order valence-electron chi connectivity index (χ0n) is 13.5. The van der Waals surface area contributed by atoms with E-state index in [2.05, 4.69) is 42.0 Å². The third-order valence-electron chi connectivity index (χ3n) is 4.18. The van der Waals surface area contributed by atoms with Crippen molar-refractivity contribution in [3.63, 3.8) is 0 Å². The first-order valence-electron chi connectivity index (χ1n) is 7.91. The molecule has 0 radical (unpaired) electrons. The van der Waals surface area contributed by atoms with E-state index in [0.717, 1.165) is 47.6 Å². The second kappa shape index (κ2) is 7.05. The molecule has 4 nitrogen and oxygen atoms in total. The monoisotopic (exact) mass is 355 g/mol. The van der Waals surface area contributed by atoms with Crippen molar-refractivity contribution < 1.29 is 4.74 Å². The Hall–Kier alpha value is -0.680. The van der Waals surface area contributed by atoms with Gasteiger partial charge in [-0.2, -0.15) is 0 Å². The molecule has 1 heterocycles. The van der Waals surface area contributed by atoms with E-state index in [1.54, 1.807) is 7.11 Å². The molecule has 1 aliphatic carbocycles. The Kier molecular flexibility index (Phi) is 5.60. The van der Waals surface area contributed by atoms with Crippen LogP contribution in [-0.4, -0.2) is 23.6 Å². The van der Waals surface area contributed by atoms with E-state index in [-0.39, 0.29) is 5.60 Å². The Morgan fingerprint density at radius 1 is 1.29 bits per heavy atom. The zero-order chi connectivity index (χ0) is 15.5. The molecule has 0 amide bonds. The topological polar surface area (TPSA) is 47.0 Å². The molecular weight excluding hydrogens is 330 g/mol. The molecule has 0 aliphatic heterocycles. The van der Waals surface area contributed by atoms with Crippen LogP contribution in [0.25, 0.3) is 0 Å². The molecule has 0 unspecified atom stereocenters. The van der Waals surface area contributed by atoms with Crippen molar-refractivity contribution in [2.75, 3.05) is 19.0 Å². The molecule has 2 rings (SSSR count). The van der Waals surface area contributed by atoms with Gasteiger partial charge in [-0.3, -0.25) is 0 Å². The minimum absolute atomic E-state index is 0.299. The van der Waals surface area contributed by atoms with Crippen LogP contribution in [-0.2, 0) is 10.3 Å². The lowest BCUT2D eigenvalue weighted by molar-refractivity contribution is -0.0164. The van der Waals surface area contributed by atoms with E-state index in [0.29, 0.717) is 5.92 Å². The molecule has 0 saturated heterocycles. The van der Waals surface area contributed by atoms with E-state index in [4.69, 9.17) is 14.7 Å². The highest BCUT2D eigenvalue weighted by Gasteiger charge is 2.39. The van der Waals surface area contributed by atoms with Crippen molar-refractivity contribution in [3.05, 3.63) is 16.0 Å². The van der Waals surface area contributed by atoms with E-state index < -0.39 is 0 Å². The van der Waals surface area contributed by atoms with Gasteiger partial charge in [0.1, 0.15) is 11.4 Å². The fourth-order valence-electron chi connectivity index (χ4n) is 2.88. The van der Waals surface area contributed by atoms with Crippen molar-refractivity contribution in [1.29, 1.82) is 0 Å². The lowest BCUT2D eigenvalue weighted by Gasteiger charge is -2.27. The van der Waals surface area contributed by atoms with Gasteiger partial charge in [0.2, 0.25) is 0 Å². The number of rotatable bonds is 6. The summed E-state index contributed by atoms with van der Waals surface area (Å²) in [7, 11) is 1.78. The summed E-state index contributed by atoms with van der Waals surface area (Å²) in [5.41, 5.74) is 0.759. The Morgan fingerprint density at radius 3 is 2.48 bits per heavy atom. The summed E-state index contributed by atoms with van der Waals surface area (Å²) in [6.45, 7) is 7.38. The SMILES string of the molecule is CCCNc1nc(C2(OC)CCCC2)nc(C(C)C)c1Br. The second-order valence-corrected chi connectivity index (χ2v) is 6.88. The Labute approximate surface area is 136 Å². The van der Waals surface area contributed by atoms with Gasteiger partial charge in [0.25, 0.3) is 0 Å². The van der Waals surface area contributed by atoms with Crippen LogP contribution in [0.5, 0.6) is 0 Å². The molecule has 0 bridgehead atoms. The van der Waals surface area contributed by atoms with Gasteiger partial charge in [0, 0.05) is 13.7 Å². The number of halogens is 1. The summed E-state index contributed by atoms with van der Waals surface area (Å²) in [5, 5.41) is 3.41. The highest BCUT2D eigenvalue weighted by molar-refractivity contribution is 9.10. The molecule has 1 aromatic heterocycles. The van der Waals surface area contributed by atoms with E-state index in [9.17, 15) is 0 Å². The standard InChI is InChI=1S/C16H26BrN3O/c1-5-10-18-14-12(17)13(11(2)3)19-15(20-14)16(21-4)8-6-7-9-16/h11H,5-10H2,1-4H3,(H,18,19,20). The van der Waals surface area contributed by atoms with Gasteiger partial charge in [-0.1, -0.05) is 20.8 Å². The van der Waals surface area contributed by atoms with Crippen LogP contribution in [0.2, 0.25) is 0 Å². The number of nitrogens with zero attached hydrogens (tertiary/aromatic N) is 2. The van der Waals surface area contributed by atoms with Gasteiger partial charge in [0.15, 0.2) is 5.82 Å². The predicted octanol–water partition coefficient (Wildman–Crippen LogP) is 4.60. The number of hydrogen-bond donors (Lipinski definition) is 1. The summed E-state index contributed by atoms with van der Waals surface area (Å²) in [5.74, 6) is 2.08. The van der Waals surface area contributed by atoms with E-state index in [1.807, 2.05) is 0 Å². The number of methoxy groups -OCH3 is 1. The van der Waals surface area contributed by atoms with Crippen molar-refractivity contribution in [2.24, 2.45) is 0 Å². The Balaban J connectivity index is 2.47. The first kappa shape index (κ1) is 16.7. The van der Waals surface area contributed by atoms with Crippen molar-refractivity contribution >= 4 is 21.7 Å². The maximum absolute atomic E-state index is 5.85. The molecule has 1 saturated carbocycles. The minimum Gasteiger partial charge on any atom is -0.370 e. The van der Waals surface area contributed by atoms with Crippen LogP contribution < -0.4 is 5.32 Å². The molecule has 1 aromatic rings. The van der Waals surface area contributed by atoms with Crippen LogP contribution in [0.4, 0.5) is 5.82 Å². The molecule has 5 heteroatoms. The highest BCUT2D eigenvalue weighted by Crippen LogP contribution is 2.42. The largest absolute Gasteiger partial charge is 0.370 e. The average Bonchev–Trinajstić information content (AvgIpc) is 2.96. The van der Waals surface area contributed by atoms with Crippen LogP contribution in [0, 0.1) is 0 Å². The first-order valence-corrected chi connectivity index (χ1v) is 8.70. The summed E-state index contributed by atoms with van der Waals surface area (Å²) >= 11 is 3.67. The zero-order valence-corrected chi connectivity index (χ0v) is 15.1. The maximum Gasteiger partial charge on any atom is 0.162 e. The van der Waals surface area contributed by atoms with Crippen molar-refractivity contribution in [1.82, 2.24) is 9.97 Å². The van der Waals surface area contributed by atoms with Crippen LogP contribution in [0.3, 0.4) is 0 Å². The third-order valence-corrected chi connectivity index (χ3v) is 4.96. The molecular formula is C16H26BrN3O. The van der Waals surface area contributed by atoms with Crippen molar-refractivity contribution in [2.45, 2.75) is 64.4 Å². The number of aromatic nitrogens is 2. The molecule has 1 aliphatic rings. The number of anilines is 1. The first-order chi connectivity index (χ1) is 10.0. The average molecular weight is 356 g/mol. The van der Waals surface area contributed by atoms with Gasteiger partial charge < -0.3 is 10.1 Å². The number of nitrogens with one attached hydrogen (secondary N) is 1. The minimum atomic E-state index is -0.299. The number of hydrogen-bond acceptors (Lipinski definition) is 4. The van der Waals surface area contributed by atoms with Crippen molar-refractivity contribution in [3.8, 4) is 0 Å². The number of ether oxygens (including phenoxy) is 1. The van der Waals surface area contributed by atoms with Gasteiger partial charge in [-0.05, 0) is 54.0 Å². The van der Waals surface area contributed by atoms with Gasteiger partial charge in [-0.15, -0.1) is 0 Å². The summed E-state index contributed by atoms with van der Waals surface area (Å²) in [4.78, 5) is 9.63. The van der Waals surface area contributed by atoms with Crippen LogP contribution in [0.1, 0.15) is 70.3 Å².